The average molecular weight is 469 g/mol. The number of rotatable bonds is 5. The second-order valence-corrected chi connectivity index (χ2v) is 8.54. The number of hydrogen-bond donors (Lipinski definition) is 2. The van der Waals surface area contributed by atoms with Crippen LogP contribution in [0.4, 0.5) is 10.1 Å². The first-order valence-corrected chi connectivity index (χ1v) is 10.9. The molecule has 0 spiro atoms. The molecule has 0 bridgehead atoms. The Kier molecular flexibility index (Phi) is 7.69. The van der Waals surface area contributed by atoms with Gasteiger partial charge in [0.05, 0.1) is 5.69 Å². The van der Waals surface area contributed by atoms with E-state index >= 15 is 0 Å². The van der Waals surface area contributed by atoms with Crippen LogP contribution >= 0.6 is 11.6 Å². The Balaban J connectivity index is 1.72. The Bertz CT molecular complexity index is 1100. The van der Waals surface area contributed by atoms with E-state index in [0.29, 0.717) is 35.9 Å². The SMILES string of the molecule is C[C@@H]1CN(Cc2ccc(F)cc2)[C@@H](C)CN1C(=O)C=Cc1ccc(Cl)cc1N(C#N)C(=N)N. The molecule has 1 fully saturated rings. The maximum atomic E-state index is 13.2. The number of nitrogens with one attached hydrogen (secondary N) is 1. The van der Waals surface area contributed by atoms with E-state index in [1.807, 2.05) is 18.0 Å². The van der Waals surface area contributed by atoms with Crippen LogP contribution in [0, 0.1) is 22.7 Å². The van der Waals surface area contributed by atoms with Crippen LogP contribution in [-0.2, 0) is 11.3 Å². The molecule has 33 heavy (non-hydrogen) atoms. The van der Waals surface area contributed by atoms with E-state index in [2.05, 4.69) is 11.8 Å². The first-order chi connectivity index (χ1) is 15.7. The fourth-order valence-corrected chi connectivity index (χ4v) is 4.06. The van der Waals surface area contributed by atoms with E-state index in [0.717, 1.165) is 10.5 Å². The molecule has 0 radical (unpaired) electrons. The fraction of sp³-hybridized carbons (Fsp3) is 0.292. The predicted molar refractivity (Wildman–Crippen MR) is 128 cm³/mol. The van der Waals surface area contributed by atoms with Crippen LogP contribution in [0.5, 0.6) is 0 Å². The standard InChI is InChI=1S/C24H26ClFN6O/c1-16-13-31(17(2)12-30(16)14-18-3-8-21(26)9-4-18)23(33)10-6-19-5-7-20(25)11-22(19)32(15-27)24(28)29/h3-11,16-17H,12-14H2,1-2H3,(H3,28,29)/t16-,17+/m0/s1. The highest BCUT2D eigenvalue weighted by molar-refractivity contribution is 6.31. The number of nitriles is 1. The van der Waals surface area contributed by atoms with Gasteiger partial charge in [-0.05, 0) is 55.3 Å². The van der Waals surface area contributed by atoms with Crippen molar-refractivity contribution >= 4 is 35.2 Å². The number of hydrogen-bond acceptors (Lipinski definition) is 4. The Labute approximate surface area is 198 Å². The van der Waals surface area contributed by atoms with Gasteiger partial charge < -0.3 is 10.6 Å². The predicted octanol–water partition coefficient (Wildman–Crippen LogP) is 3.79. The van der Waals surface area contributed by atoms with Crippen LogP contribution in [0.3, 0.4) is 0 Å². The van der Waals surface area contributed by atoms with E-state index < -0.39 is 5.96 Å². The van der Waals surface area contributed by atoms with Crippen molar-refractivity contribution in [2.45, 2.75) is 32.5 Å². The highest BCUT2D eigenvalue weighted by atomic mass is 35.5. The van der Waals surface area contributed by atoms with Gasteiger partial charge in [-0.25, -0.2) is 9.29 Å². The van der Waals surface area contributed by atoms with E-state index in [-0.39, 0.29) is 23.8 Å². The largest absolute Gasteiger partial charge is 0.369 e. The summed E-state index contributed by atoms with van der Waals surface area (Å²) in [6.07, 6.45) is 4.91. The van der Waals surface area contributed by atoms with Gasteiger partial charge in [0.15, 0.2) is 6.19 Å². The summed E-state index contributed by atoms with van der Waals surface area (Å²) >= 11 is 6.05. The van der Waals surface area contributed by atoms with Crippen LogP contribution in [0.2, 0.25) is 5.02 Å². The summed E-state index contributed by atoms with van der Waals surface area (Å²) in [6.45, 7) is 5.99. The zero-order valence-electron chi connectivity index (χ0n) is 18.5. The first-order valence-electron chi connectivity index (χ1n) is 10.5. The number of carbonyl (C=O) groups is 1. The van der Waals surface area contributed by atoms with Crippen molar-refractivity contribution in [3.63, 3.8) is 0 Å². The minimum atomic E-state index is -0.444. The summed E-state index contributed by atoms with van der Waals surface area (Å²) in [7, 11) is 0. The molecular weight excluding hydrogens is 443 g/mol. The molecule has 3 N–H and O–H groups in total. The molecule has 2 aromatic carbocycles. The molecule has 1 aliphatic rings. The quantitative estimate of drug-likeness (QED) is 0.228. The van der Waals surface area contributed by atoms with Crippen molar-refractivity contribution in [1.82, 2.24) is 9.80 Å². The van der Waals surface area contributed by atoms with Gasteiger partial charge in [-0.3, -0.25) is 15.1 Å². The topological polar surface area (TPSA) is 100 Å². The lowest BCUT2D eigenvalue weighted by molar-refractivity contribution is -0.131. The van der Waals surface area contributed by atoms with Crippen molar-refractivity contribution in [2.75, 3.05) is 18.0 Å². The molecule has 0 unspecified atom stereocenters. The second-order valence-electron chi connectivity index (χ2n) is 8.10. The molecule has 9 heteroatoms. The summed E-state index contributed by atoms with van der Waals surface area (Å²) < 4.78 is 13.2. The monoisotopic (exact) mass is 468 g/mol. The van der Waals surface area contributed by atoms with E-state index in [1.165, 1.54) is 24.3 Å². The maximum Gasteiger partial charge on any atom is 0.246 e. The van der Waals surface area contributed by atoms with Crippen molar-refractivity contribution in [3.05, 3.63) is 70.5 Å². The highest BCUT2D eigenvalue weighted by Crippen LogP contribution is 2.26. The molecule has 0 aliphatic carbocycles. The molecule has 3 rings (SSSR count). The molecule has 2 atom stereocenters. The van der Waals surface area contributed by atoms with Crippen LogP contribution in [0.1, 0.15) is 25.0 Å². The maximum absolute atomic E-state index is 13.2. The smallest absolute Gasteiger partial charge is 0.246 e. The molecule has 172 valence electrons. The molecule has 0 aromatic heterocycles. The molecule has 7 nitrogen and oxygen atoms in total. The lowest BCUT2D eigenvalue weighted by atomic mass is 10.1. The van der Waals surface area contributed by atoms with E-state index in [9.17, 15) is 14.4 Å². The molecule has 0 saturated carbocycles. The zero-order valence-corrected chi connectivity index (χ0v) is 19.3. The summed E-state index contributed by atoms with van der Waals surface area (Å²) in [5.74, 6) is -0.851. The minimum Gasteiger partial charge on any atom is -0.369 e. The van der Waals surface area contributed by atoms with Gasteiger partial charge >= 0.3 is 0 Å². The second kappa shape index (κ2) is 10.5. The van der Waals surface area contributed by atoms with Gasteiger partial charge in [0.25, 0.3) is 0 Å². The number of nitrogens with two attached hydrogens (primary N) is 1. The van der Waals surface area contributed by atoms with E-state index in [4.69, 9.17) is 22.7 Å². The Morgan fingerprint density at radius 2 is 1.97 bits per heavy atom. The van der Waals surface area contributed by atoms with Crippen molar-refractivity contribution in [3.8, 4) is 6.19 Å². The number of guanidine groups is 1. The van der Waals surface area contributed by atoms with Crippen molar-refractivity contribution < 1.29 is 9.18 Å². The molecule has 1 saturated heterocycles. The Morgan fingerprint density at radius 3 is 2.61 bits per heavy atom. The lowest BCUT2D eigenvalue weighted by Gasteiger charge is -2.44. The Hall–Kier alpha value is -3.41. The zero-order chi connectivity index (χ0) is 24.1. The third-order valence-corrected chi connectivity index (χ3v) is 5.91. The number of anilines is 1. The van der Waals surface area contributed by atoms with Gasteiger partial charge in [0.2, 0.25) is 11.9 Å². The number of halogens is 2. The van der Waals surface area contributed by atoms with Crippen LogP contribution in [0.15, 0.2) is 48.5 Å². The van der Waals surface area contributed by atoms with Crippen molar-refractivity contribution in [1.29, 1.82) is 10.7 Å². The lowest BCUT2D eigenvalue weighted by Crippen LogP contribution is -2.57. The van der Waals surface area contributed by atoms with Gasteiger partial charge in [-0.1, -0.05) is 29.8 Å². The molecule has 1 amide bonds. The molecule has 1 heterocycles. The van der Waals surface area contributed by atoms with Gasteiger partial charge in [-0.2, -0.15) is 5.26 Å². The molecule has 1 aliphatic heterocycles. The minimum absolute atomic E-state index is 0.0173. The van der Waals surface area contributed by atoms with Gasteiger partial charge in [-0.15, -0.1) is 0 Å². The number of carbonyl (C=O) groups excluding carboxylic acids is 1. The van der Waals surface area contributed by atoms with Crippen LogP contribution < -0.4 is 10.6 Å². The summed E-state index contributed by atoms with van der Waals surface area (Å²) in [4.78, 5) is 18.0. The van der Waals surface area contributed by atoms with Crippen LogP contribution in [0.25, 0.3) is 6.08 Å². The third-order valence-electron chi connectivity index (χ3n) is 5.68. The Morgan fingerprint density at radius 1 is 1.27 bits per heavy atom. The van der Waals surface area contributed by atoms with Crippen LogP contribution in [-0.4, -0.2) is 46.8 Å². The molecular formula is C24H26ClFN6O. The van der Waals surface area contributed by atoms with Gasteiger partial charge in [0, 0.05) is 42.8 Å². The normalized spacial score (nSPS) is 18.8. The summed E-state index contributed by atoms with van der Waals surface area (Å²) in [6, 6.07) is 11.4. The molecule has 2 aromatic rings. The third kappa shape index (κ3) is 5.89. The number of amides is 1. The highest BCUT2D eigenvalue weighted by Gasteiger charge is 2.31. The summed E-state index contributed by atoms with van der Waals surface area (Å²) in [5.41, 5.74) is 7.39. The first kappa shape index (κ1) is 24.2. The number of benzene rings is 2. The fourth-order valence-electron chi connectivity index (χ4n) is 3.90. The number of nitrogens with zero attached hydrogens (tertiary/aromatic N) is 4. The van der Waals surface area contributed by atoms with Gasteiger partial charge in [0.1, 0.15) is 5.82 Å². The van der Waals surface area contributed by atoms with Crippen molar-refractivity contribution in [2.24, 2.45) is 5.73 Å². The summed E-state index contributed by atoms with van der Waals surface area (Å²) in [5, 5.41) is 17.3. The number of piperazine rings is 1. The average Bonchev–Trinajstić information content (AvgIpc) is 2.77. The van der Waals surface area contributed by atoms with E-state index in [1.54, 1.807) is 30.3 Å².